The van der Waals surface area contributed by atoms with Crippen molar-refractivity contribution >= 4 is 29.0 Å². The number of aryl methyl sites for hydroxylation is 1. The van der Waals surface area contributed by atoms with Crippen LogP contribution in [0.3, 0.4) is 0 Å². The number of fused-ring (bicyclic) bond motifs is 1. The zero-order valence-electron chi connectivity index (χ0n) is 24.7. The summed E-state index contributed by atoms with van der Waals surface area (Å²) in [6.07, 6.45) is 2.37. The second-order valence-electron chi connectivity index (χ2n) is 11.6. The van der Waals surface area contributed by atoms with E-state index >= 15 is 0 Å². The Labute approximate surface area is 244 Å². The van der Waals surface area contributed by atoms with Crippen LogP contribution in [0, 0.1) is 0 Å². The van der Waals surface area contributed by atoms with Crippen LogP contribution in [0.15, 0.2) is 51.7 Å². The molecule has 226 valence electrons. The van der Waals surface area contributed by atoms with Crippen molar-refractivity contribution in [1.29, 1.82) is 0 Å². The first-order chi connectivity index (χ1) is 20.0. The van der Waals surface area contributed by atoms with Gasteiger partial charge in [-0.3, -0.25) is 19.1 Å². The molecule has 42 heavy (non-hydrogen) atoms. The summed E-state index contributed by atoms with van der Waals surface area (Å²) in [6.45, 7) is 6.75. The summed E-state index contributed by atoms with van der Waals surface area (Å²) in [4.78, 5) is 52.1. The molecule has 0 aliphatic carbocycles. The summed E-state index contributed by atoms with van der Waals surface area (Å²) in [5, 5.41) is 2.76. The molecule has 1 aliphatic heterocycles. The van der Waals surface area contributed by atoms with E-state index in [-0.39, 0.29) is 6.42 Å². The zero-order valence-corrected chi connectivity index (χ0v) is 24.7. The Kier molecular flexibility index (Phi) is 9.72. The Hall–Kier alpha value is -4.12. The van der Waals surface area contributed by atoms with Gasteiger partial charge in [0.15, 0.2) is 5.58 Å². The average Bonchev–Trinajstić information content (AvgIpc) is 3.26. The number of carbonyl (C=O) groups excluding carboxylic acids is 3. The van der Waals surface area contributed by atoms with E-state index < -0.39 is 41.3 Å². The van der Waals surface area contributed by atoms with Crippen molar-refractivity contribution in [2.24, 2.45) is 5.73 Å². The molecule has 2 unspecified atom stereocenters. The van der Waals surface area contributed by atoms with Crippen LogP contribution in [0.1, 0.15) is 52.0 Å². The minimum absolute atomic E-state index is 0.195. The molecular formula is C31H40N4O7. The third-order valence-corrected chi connectivity index (χ3v) is 7.22. The lowest BCUT2D eigenvalue weighted by atomic mass is 9.98. The highest BCUT2D eigenvalue weighted by Gasteiger charge is 2.36. The summed E-state index contributed by atoms with van der Waals surface area (Å²) in [6, 6.07) is 11.5. The van der Waals surface area contributed by atoms with E-state index in [2.05, 4.69) is 5.32 Å². The summed E-state index contributed by atoms with van der Waals surface area (Å²) < 4.78 is 17.6. The fraction of sp³-hybridized carbons (Fsp3) is 0.484. The quantitative estimate of drug-likeness (QED) is 0.349. The Balaban J connectivity index is 1.46. The predicted octanol–water partition coefficient (Wildman–Crippen LogP) is 3.60. The van der Waals surface area contributed by atoms with Gasteiger partial charge in [-0.25, -0.2) is 9.59 Å². The molecule has 2 aromatic carbocycles. The second-order valence-corrected chi connectivity index (χ2v) is 11.6. The van der Waals surface area contributed by atoms with Crippen molar-refractivity contribution in [3.8, 4) is 11.1 Å². The maximum atomic E-state index is 13.2. The van der Waals surface area contributed by atoms with E-state index in [1.54, 1.807) is 38.5 Å². The van der Waals surface area contributed by atoms with Gasteiger partial charge in [0.1, 0.15) is 17.7 Å². The first-order valence-corrected chi connectivity index (χ1v) is 14.3. The number of ether oxygens (including phenoxy) is 2. The molecule has 2 atom stereocenters. The van der Waals surface area contributed by atoms with Crippen molar-refractivity contribution in [1.82, 2.24) is 14.8 Å². The number of oxazole rings is 1. The van der Waals surface area contributed by atoms with E-state index in [9.17, 15) is 19.2 Å². The standard InChI is InChI=1S/C31H40N4O7/c1-31(2,3)42-30(39)34-15-6-5-8-24(34)28(37)33-23(27(32)36)18-20-9-11-21(12-10-20)22-13-14-26-25(19-22)35(29(38)41-26)16-7-17-40-4/h9-14,19,23-24H,5-8,15-18H2,1-4H3,(H2,32,36)(H,33,37). The van der Waals surface area contributed by atoms with E-state index in [1.807, 2.05) is 36.4 Å². The van der Waals surface area contributed by atoms with Crippen LogP contribution < -0.4 is 16.8 Å². The molecule has 3 aromatic rings. The van der Waals surface area contributed by atoms with E-state index in [4.69, 9.17) is 19.6 Å². The maximum absolute atomic E-state index is 13.2. The lowest BCUT2D eigenvalue weighted by Gasteiger charge is -2.36. The number of hydrogen-bond acceptors (Lipinski definition) is 7. The number of primary amides is 1. The van der Waals surface area contributed by atoms with Gasteiger partial charge in [-0.15, -0.1) is 0 Å². The summed E-state index contributed by atoms with van der Waals surface area (Å²) in [5.74, 6) is -1.49. The molecule has 3 N–H and O–H groups in total. The lowest BCUT2D eigenvalue weighted by molar-refractivity contribution is -0.131. The van der Waals surface area contributed by atoms with Gasteiger partial charge in [0.25, 0.3) is 0 Å². The van der Waals surface area contributed by atoms with Crippen LogP contribution in [-0.2, 0) is 32.0 Å². The number of piperidine rings is 1. The third kappa shape index (κ3) is 7.58. The number of benzene rings is 2. The van der Waals surface area contributed by atoms with Gasteiger partial charge in [-0.2, -0.15) is 0 Å². The first kappa shape index (κ1) is 30.8. The van der Waals surface area contributed by atoms with Gasteiger partial charge in [0.2, 0.25) is 11.8 Å². The Bertz CT molecular complexity index is 1470. The van der Waals surface area contributed by atoms with E-state index in [0.29, 0.717) is 43.6 Å². The molecule has 4 rings (SSSR count). The summed E-state index contributed by atoms with van der Waals surface area (Å²) in [5.41, 5.74) is 8.81. The lowest BCUT2D eigenvalue weighted by Crippen LogP contribution is -2.56. The molecule has 0 bridgehead atoms. The SMILES string of the molecule is COCCCn1c(=O)oc2ccc(-c3ccc(CC(NC(=O)C4CCCCN4C(=O)OC(C)(C)C)C(N)=O)cc3)cc21. The van der Waals surface area contributed by atoms with Gasteiger partial charge < -0.3 is 24.9 Å². The molecular weight excluding hydrogens is 540 g/mol. The van der Waals surface area contributed by atoms with E-state index in [0.717, 1.165) is 29.5 Å². The van der Waals surface area contributed by atoms with Gasteiger partial charge in [-0.05, 0) is 75.3 Å². The molecule has 0 saturated carbocycles. The Morgan fingerprint density at radius 3 is 2.48 bits per heavy atom. The van der Waals surface area contributed by atoms with Crippen molar-refractivity contribution in [2.45, 2.75) is 77.1 Å². The van der Waals surface area contributed by atoms with Crippen LogP contribution in [0.4, 0.5) is 4.79 Å². The molecule has 0 radical (unpaired) electrons. The monoisotopic (exact) mass is 580 g/mol. The zero-order chi connectivity index (χ0) is 30.4. The van der Waals surface area contributed by atoms with Crippen molar-refractivity contribution in [3.05, 3.63) is 58.6 Å². The van der Waals surface area contributed by atoms with Gasteiger partial charge in [-0.1, -0.05) is 30.3 Å². The number of methoxy groups -OCH3 is 1. The normalized spacial score (nSPS) is 16.3. The fourth-order valence-electron chi connectivity index (χ4n) is 5.12. The van der Waals surface area contributed by atoms with Crippen molar-refractivity contribution < 1.29 is 28.3 Å². The molecule has 1 aromatic heterocycles. The number of nitrogens with zero attached hydrogens (tertiary/aromatic N) is 2. The fourth-order valence-corrected chi connectivity index (χ4v) is 5.12. The van der Waals surface area contributed by atoms with Crippen LogP contribution in [0.5, 0.6) is 0 Å². The molecule has 1 saturated heterocycles. The van der Waals surface area contributed by atoms with Gasteiger partial charge in [0.05, 0.1) is 5.52 Å². The smallest absolute Gasteiger partial charge is 0.419 e. The Morgan fingerprint density at radius 2 is 1.81 bits per heavy atom. The van der Waals surface area contributed by atoms with Gasteiger partial charge in [0, 0.05) is 33.2 Å². The van der Waals surface area contributed by atoms with Crippen LogP contribution >= 0.6 is 0 Å². The number of hydrogen-bond donors (Lipinski definition) is 2. The number of rotatable bonds is 10. The molecule has 3 amide bonds. The average molecular weight is 581 g/mol. The molecule has 1 aliphatic rings. The summed E-state index contributed by atoms with van der Waals surface area (Å²) >= 11 is 0. The third-order valence-electron chi connectivity index (χ3n) is 7.22. The van der Waals surface area contributed by atoms with Crippen LogP contribution in [-0.4, -0.2) is 65.3 Å². The van der Waals surface area contributed by atoms with Gasteiger partial charge >= 0.3 is 11.8 Å². The molecule has 11 heteroatoms. The minimum atomic E-state index is -0.949. The highest BCUT2D eigenvalue weighted by molar-refractivity contribution is 5.91. The number of amides is 3. The van der Waals surface area contributed by atoms with Crippen molar-refractivity contribution in [2.75, 3.05) is 20.3 Å². The molecule has 11 nitrogen and oxygen atoms in total. The second kappa shape index (κ2) is 13.2. The topological polar surface area (TPSA) is 146 Å². The highest BCUT2D eigenvalue weighted by Crippen LogP contribution is 2.25. The number of nitrogens with one attached hydrogen (secondary N) is 1. The maximum Gasteiger partial charge on any atom is 0.419 e. The number of likely N-dealkylation sites (tertiary alicyclic amines) is 1. The molecule has 1 fully saturated rings. The largest absolute Gasteiger partial charge is 0.444 e. The van der Waals surface area contributed by atoms with Crippen molar-refractivity contribution in [3.63, 3.8) is 0 Å². The number of aromatic nitrogens is 1. The van der Waals surface area contributed by atoms with Crippen LogP contribution in [0.25, 0.3) is 22.2 Å². The van der Waals surface area contributed by atoms with Crippen LogP contribution in [0.2, 0.25) is 0 Å². The number of nitrogens with two attached hydrogens (primary N) is 1. The molecule has 2 heterocycles. The predicted molar refractivity (Wildman–Crippen MR) is 158 cm³/mol. The summed E-state index contributed by atoms with van der Waals surface area (Å²) in [7, 11) is 1.62. The Morgan fingerprint density at radius 1 is 1.10 bits per heavy atom. The molecule has 0 spiro atoms. The number of carbonyl (C=O) groups is 3. The van der Waals surface area contributed by atoms with E-state index in [1.165, 1.54) is 4.90 Å². The first-order valence-electron chi connectivity index (χ1n) is 14.3. The highest BCUT2D eigenvalue weighted by atomic mass is 16.6. The minimum Gasteiger partial charge on any atom is -0.444 e.